The van der Waals surface area contributed by atoms with Crippen molar-refractivity contribution in [3.05, 3.63) is 0 Å². The summed E-state index contributed by atoms with van der Waals surface area (Å²) in [6.45, 7) is 7.33. The summed E-state index contributed by atoms with van der Waals surface area (Å²) in [6.07, 6.45) is 13.5. The van der Waals surface area contributed by atoms with E-state index >= 15 is 0 Å². The highest BCUT2D eigenvalue weighted by molar-refractivity contribution is 5.69. The van der Waals surface area contributed by atoms with Gasteiger partial charge in [-0.1, -0.05) is 72.1 Å². The number of hydrogen-bond acceptors (Lipinski definition) is 3. The summed E-state index contributed by atoms with van der Waals surface area (Å²) in [5, 5.41) is 8.07. The Balaban J connectivity index is 0. The van der Waals surface area contributed by atoms with Crippen LogP contribution in [0.2, 0.25) is 0 Å². The summed E-state index contributed by atoms with van der Waals surface area (Å²) in [5.41, 5.74) is 0. The van der Waals surface area contributed by atoms with E-state index in [1.54, 1.807) is 0 Å². The molecule has 0 radical (unpaired) electrons. The van der Waals surface area contributed by atoms with E-state index < -0.39 is 0 Å². The molecule has 0 aliphatic carbocycles. The van der Waals surface area contributed by atoms with Gasteiger partial charge < -0.3 is 9.84 Å². The number of carbonyl (C=O) groups is 1. The van der Waals surface area contributed by atoms with E-state index in [1.165, 1.54) is 38.5 Å². The van der Waals surface area contributed by atoms with Crippen LogP contribution in [0.3, 0.4) is 0 Å². The molecule has 0 atom stereocenters. The van der Waals surface area contributed by atoms with Gasteiger partial charge in [0.25, 0.3) is 0 Å². The van der Waals surface area contributed by atoms with Gasteiger partial charge in [0.15, 0.2) is 0 Å². The molecular weight excluding hydrogens is 264 g/mol. The summed E-state index contributed by atoms with van der Waals surface area (Å²) in [4.78, 5) is 11.2. The number of ether oxygens (including phenoxy) is 1. The van der Waals surface area contributed by atoms with Crippen LogP contribution in [0.25, 0.3) is 0 Å². The molecule has 3 heteroatoms. The van der Waals surface area contributed by atoms with Crippen LogP contribution in [0.1, 0.15) is 97.8 Å². The first-order chi connectivity index (χ1) is 10.2. The quantitative estimate of drug-likeness (QED) is 0.373. The van der Waals surface area contributed by atoms with Crippen molar-refractivity contribution in [3.63, 3.8) is 0 Å². The van der Waals surface area contributed by atoms with E-state index in [-0.39, 0.29) is 5.97 Å². The largest absolute Gasteiger partial charge is 0.466 e. The van der Waals surface area contributed by atoms with Gasteiger partial charge in [-0.15, -0.1) is 0 Å². The molecule has 0 unspecified atom stereocenters. The van der Waals surface area contributed by atoms with E-state index in [0.717, 1.165) is 32.1 Å². The van der Waals surface area contributed by atoms with Crippen LogP contribution < -0.4 is 0 Å². The zero-order valence-corrected chi connectivity index (χ0v) is 14.7. The molecule has 0 heterocycles. The standard InChI is InChI=1S/C14H28O2.C4H10O/c1-3-5-7-8-9-10-11-12-14(15)16-13-6-4-2;1-2-3-4-5/h3-13H2,1-2H3;5H,2-4H2,1H3. The molecule has 0 saturated carbocycles. The second-order valence-electron chi connectivity index (χ2n) is 5.52. The Labute approximate surface area is 132 Å². The highest BCUT2D eigenvalue weighted by Gasteiger charge is 2.01. The maximum atomic E-state index is 11.2. The lowest BCUT2D eigenvalue weighted by Crippen LogP contribution is -2.05. The van der Waals surface area contributed by atoms with Crippen molar-refractivity contribution in [1.82, 2.24) is 0 Å². The van der Waals surface area contributed by atoms with Gasteiger partial charge >= 0.3 is 5.97 Å². The Hall–Kier alpha value is -0.570. The van der Waals surface area contributed by atoms with Crippen molar-refractivity contribution in [1.29, 1.82) is 0 Å². The third-order valence-electron chi connectivity index (χ3n) is 3.26. The van der Waals surface area contributed by atoms with Crippen molar-refractivity contribution in [2.24, 2.45) is 0 Å². The molecule has 0 aliphatic heterocycles. The topological polar surface area (TPSA) is 46.5 Å². The minimum Gasteiger partial charge on any atom is -0.466 e. The van der Waals surface area contributed by atoms with Crippen molar-refractivity contribution < 1.29 is 14.6 Å². The molecule has 3 nitrogen and oxygen atoms in total. The van der Waals surface area contributed by atoms with E-state index in [0.29, 0.717) is 19.6 Å². The lowest BCUT2D eigenvalue weighted by molar-refractivity contribution is -0.143. The molecule has 21 heavy (non-hydrogen) atoms. The first-order valence-electron chi connectivity index (χ1n) is 8.99. The Morgan fingerprint density at radius 2 is 1.29 bits per heavy atom. The van der Waals surface area contributed by atoms with Crippen LogP contribution in [0.15, 0.2) is 0 Å². The smallest absolute Gasteiger partial charge is 0.305 e. The fraction of sp³-hybridized carbons (Fsp3) is 0.944. The predicted molar refractivity (Wildman–Crippen MR) is 90.5 cm³/mol. The summed E-state index contributed by atoms with van der Waals surface area (Å²) >= 11 is 0. The molecule has 128 valence electrons. The second kappa shape index (κ2) is 21.7. The molecule has 0 aliphatic rings. The third kappa shape index (κ3) is 24.8. The molecule has 0 amide bonds. The van der Waals surface area contributed by atoms with Crippen LogP contribution in [-0.2, 0) is 9.53 Å². The molecule has 0 aromatic rings. The molecule has 0 fully saturated rings. The van der Waals surface area contributed by atoms with E-state index in [4.69, 9.17) is 9.84 Å². The Bertz CT molecular complexity index is 191. The van der Waals surface area contributed by atoms with E-state index in [2.05, 4.69) is 20.8 Å². The van der Waals surface area contributed by atoms with Gasteiger partial charge in [0.05, 0.1) is 6.61 Å². The Kier molecular flexibility index (Phi) is 23.5. The Morgan fingerprint density at radius 1 is 0.762 bits per heavy atom. The minimum atomic E-state index is -0.0120. The third-order valence-corrected chi connectivity index (χ3v) is 3.26. The molecule has 1 N–H and O–H groups in total. The highest BCUT2D eigenvalue weighted by Crippen LogP contribution is 2.08. The number of aliphatic hydroxyl groups is 1. The number of aliphatic hydroxyl groups excluding tert-OH is 1. The molecule has 0 rings (SSSR count). The van der Waals surface area contributed by atoms with Crippen LogP contribution in [0.4, 0.5) is 0 Å². The molecule has 0 spiro atoms. The van der Waals surface area contributed by atoms with Crippen LogP contribution >= 0.6 is 0 Å². The van der Waals surface area contributed by atoms with Crippen LogP contribution in [0, 0.1) is 0 Å². The van der Waals surface area contributed by atoms with Gasteiger partial charge in [0.2, 0.25) is 0 Å². The fourth-order valence-corrected chi connectivity index (χ4v) is 1.79. The number of esters is 1. The average molecular weight is 302 g/mol. The number of rotatable bonds is 13. The number of carbonyl (C=O) groups excluding carboxylic acids is 1. The zero-order valence-electron chi connectivity index (χ0n) is 14.7. The van der Waals surface area contributed by atoms with Crippen molar-refractivity contribution >= 4 is 5.97 Å². The van der Waals surface area contributed by atoms with Crippen molar-refractivity contribution in [2.75, 3.05) is 13.2 Å². The van der Waals surface area contributed by atoms with Crippen molar-refractivity contribution in [3.8, 4) is 0 Å². The normalized spacial score (nSPS) is 9.90. The van der Waals surface area contributed by atoms with Crippen LogP contribution in [-0.4, -0.2) is 24.3 Å². The number of hydrogen-bond donors (Lipinski definition) is 1. The maximum Gasteiger partial charge on any atom is 0.305 e. The molecule has 0 aromatic heterocycles. The number of unbranched alkanes of at least 4 members (excludes halogenated alkanes) is 8. The lowest BCUT2D eigenvalue weighted by Gasteiger charge is -2.03. The van der Waals surface area contributed by atoms with E-state index in [1.807, 2.05) is 0 Å². The summed E-state index contributed by atoms with van der Waals surface area (Å²) in [7, 11) is 0. The zero-order chi connectivity index (χ0) is 16.2. The first-order valence-corrected chi connectivity index (χ1v) is 8.99. The van der Waals surface area contributed by atoms with E-state index in [9.17, 15) is 4.79 Å². The summed E-state index contributed by atoms with van der Waals surface area (Å²) in [6, 6.07) is 0. The Morgan fingerprint density at radius 3 is 1.76 bits per heavy atom. The van der Waals surface area contributed by atoms with Gasteiger partial charge in [-0.2, -0.15) is 0 Å². The summed E-state index contributed by atoms with van der Waals surface area (Å²) in [5.74, 6) is -0.0120. The second-order valence-corrected chi connectivity index (χ2v) is 5.52. The average Bonchev–Trinajstić information content (AvgIpc) is 2.48. The van der Waals surface area contributed by atoms with Gasteiger partial charge in [-0.3, -0.25) is 4.79 Å². The van der Waals surface area contributed by atoms with Crippen molar-refractivity contribution in [2.45, 2.75) is 97.8 Å². The lowest BCUT2D eigenvalue weighted by atomic mass is 10.1. The maximum absolute atomic E-state index is 11.2. The first kappa shape index (κ1) is 22.7. The van der Waals surface area contributed by atoms with Gasteiger partial charge in [0.1, 0.15) is 0 Å². The van der Waals surface area contributed by atoms with Gasteiger partial charge in [0, 0.05) is 13.0 Å². The molecule has 0 aromatic carbocycles. The predicted octanol–water partition coefficient (Wildman–Crippen LogP) is 5.25. The highest BCUT2D eigenvalue weighted by atomic mass is 16.5. The molecule has 0 bridgehead atoms. The minimum absolute atomic E-state index is 0.0120. The monoisotopic (exact) mass is 302 g/mol. The van der Waals surface area contributed by atoms with Gasteiger partial charge in [-0.25, -0.2) is 0 Å². The summed E-state index contributed by atoms with van der Waals surface area (Å²) < 4.78 is 5.09. The SMILES string of the molecule is CCCCCCCCCC(=O)OCCCC.CCCCO. The molecule has 0 saturated heterocycles. The molecular formula is C18H38O3. The van der Waals surface area contributed by atoms with Crippen LogP contribution in [0.5, 0.6) is 0 Å². The van der Waals surface area contributed by atoms with Gasteiger partial charge in [-0.05, 0) is 19.3 Å². The fourth-order valence-electron chi connectivity index (χ4n) is 1.79.